The van der Waals surface area contributed by atoms with E-state index in [1.165, 1.54) is 18.0 Å². The number of nitrogens with one attached hydrogen (secondary N) is 2. The monoisotopic (exact) mass is 407 g/mol. The van der Waals surface area contributed by atoms with Gasteiger partial charge in [-0.3, -0.25) is 4.79 Å². The summed E-state index contributed by atoms with van der Waals surface area (Å²) < 4.78 is 19.4. The third-order valence-electron chi connectivity index (χ3n) is 5.05. The van der Waals surface area contributed by atoms with Gasteiger partial charge in [0.15, 0.2) is 0 Å². The first-order chi connectivity index (χ1) is 12.9. The summed E-state index contributed by atoms with van der Waals surface area (Å²) in [4.78, 5) is 12.8. The number of hydrogen-bond donors (Lipinski definition) is 3. The van der Waals surface area contributed by atoms with Gasteiger partial charge in [0.05, 0.1) is 28.4 Å². The van der Waals surface area contributed by atoms with Crippen LogP contribution in [0.4, 0.5) is 21.5 Å². The Morgan fingerprint density at radius 1 is 1.33 bits per heavy atom. The summed E-state index contributed by atoms with van der Waals surface area (Å²) in [7, 11) is 0. The van der Waals surface area contributed by atoms with Crippen LogP contribution in [0.25, 0.3) is 0 Å². The zero-order chi connectivity index (χ0) is 19.2. The van der Waals surface area contributed by atoms with Crippen LogP contribution >= 0.6 is 23.7 Å². The Kier molecular flexibility index (Phi) is 4.90. The van der Waals surface area contributed by atoms with Gasteiger partial charge in [-0.1, -0.05) is 6.07 Å². The molecule has 1 saturated carbocycles. The molecule has 1 aromatic carbocycles. The summed E-state index contributed by atoms with van der Waals surface area (Å²) >= 11 is 3.11. The molecule has 2 aliphatic rings. The molecule has 144 valence electrons. The number of fused-ring (bicyclic) bond motifs is 1. The normalized spacial score (nSPS) is 16.9. The van der Waals surface area contributed by atoms with Crippen LogP contribution < -0.4 is 15.6 Å². The number of thioether (sulfide) groups is 1. The lowest BCUT2D eigenvalue weighted by molar-refractivity contribution is 0.289. The molecule has 0 saturated heterocycles. The molecule has 0 radical (unpaired) electrons. The van der Waals surface area contributed by atoms with Gasteiger partial charge in [-0.2, -0.15) is 0 Å². The van der Waals surface area contributed by atoms with Gasteiger partial charge in [-0.15, -0.1) is 11.8 Å². The number of aliphatic hydroxyl groups excluding tert-OH is 1. The average molecular weight is 408 g/mol. The molecule has 3 N–H and O–H groups in total. The molecule has 8 heteroatoms. The summed E-state index contributed by atoms with van der Waals surface area (Å²) in [5.41, 5.74) is 3.07. The lowest BCUT2D eigenvalue weighted by Crippen LogP contribution is -2.24. The maximum absolute atomic E-state index is 14.4. The quantitative estimate of drug-likeness (QED) is 0.628. The van der Waals surface area contributed by atoms with Crippen LogP contribution in [0, 0.1) is 19.7 Å². The second-order valence-electron chi connectivity index (χ2n) is 7.14. The summed E-state index contributed by atoms with van der Waals surface area (Å²) in [6, 6.07) is 5.00. The molecular weight excluding hydrogens is 385 g/mol. The van der Waals surface area contributed by atoms with E-state index in [-0.39, 0.29) is 22.7 Å². The van der Waals surface area contributed by atoms with Crippen molar-refractivity contribution in [3.05, 3.63) is 45.5 Å². The zero-order valence-corrected chi connectivity index (χ0v) is 16.9. The van der Waals surface area contributed by atoms with E-state index in [0.717, 1.165) is 34.9 Å². The molecule has 1 aromatic heterocycles. The molecule has 1 aliphatic heterocycles. The van der Waals surface area contributed by atoms with Crippen molar-refractivity contribution in [2.24, 2.45) is 0 Å². The molecule has 27 heavy (non-hydrogen) atoms. The van der Waals surface area contributed by atoms with Crippen LogP contribution in [0.5, 0.6) is 0 Å². The Morgan fingerprint density at radius 2 is 2.11 bits per heavy atom. The van der Waals surface area contributed by atoms with Crippen molar-refractivity contribution >= 4 is 40.8 Å². The largest absolute Gasteiger partial charge is 0.395 e. The van der Waals surface area contributed by atoms with Crippen molar-refractivity contribution in [3.8, 4) is 0 Å². The molecule has 0 amide bonds. The van der Waals surface area contributed by atoms with Crippen molar-refractivity contribution in [1.82, 2.24) is 4.57 Å². The van der Waals surface area contributed by atoms with E-state index in [0.29, 0.717) is 23.5 Å². The first kappa shape index (κ1) is 18.7. The predicted molar refractivity (Wildman–Crippen MR) is 111 cm³/mol. The minimum absolute atomic E-state index is 0.0520. The summed E-state index contributed by atoms with van der Waals surface area (Å²) in [5.74, 6) is 0.483. The van der Waals surface area contributed by atoms with Gasteiger partial charge in [0.1, 0.15) is 10.8 Å². The number of aryl methyl sites for hydroxylation is 1. The van der Waals surface area contributed by atoms with Crippen LogP contribution in [-0.2, 0) is 6.54 Å². The Balaban J connectivity index is 1.76. The van der Waals surface area contributed by atoms with Crippen molar-refractivity contribution in [2.75, 3.05) is 22.4 Å². The minimum Gasteiger partial charge on any atom is -0.395 e. The average Bonchev–Trinajstić information content (AvgIpc) is 3.27. The Hall–Kier alpha value is -1.64. The standard InChI is InChI=1S/C19H22FN3O2S2/c1-11-3-4-14(13(20)9-11)21-15-12(2)17(25)23-7-8-26-18(23)16(15)22-27-19(10-24)5-6-19/h3-4,9,21-22,24H,5-8,10H2,1-2H3. The fraction of sp³-hybridized carbons (Fsp3) is 0.421. The predicted octanol–water partition coefficient (Wildman–Crippen LogP) is 4.04. The number of aromatic nitrogens is 1. The number of aliphatic hydroxyl groups is 1. The third kappa shape index (κ3) is 3.46. The molecule has 1 aliphatic carbocycles. The number of benzene rings is 1. The fourth-order valence-corrected chi connectivity index (χ4v) is 5.16. The maximum atomic E-state index is 14.4. The Labute approximate surface area is 165 Å². The summed E-state index contributed by atoms with van der Waals surface area (Å²) in [6.45, 7) is 4.39. The molecule has 0 spiro atoms. The first-order valence-corrected chi connectivity index (χ1v) is 10.7. The first-order valence-electron chi connectivity index (χ1n) is 8.92. The van der Waals surface area contributed by atoms with Crippen molar-refractivity contribution in [1.29, 1.82) is 0 Å². The van der Waals surface area contributed by atoms with E-state index < -0.39 is 0 Å². The molecule has 2 aromatic rings. The van der Waals surface area contributed by atoms with E-state index in [1.807, 2.05) is 13.0 Å². The van der Waals surface area contributed by atoms with Crippen LogP contribution in [-0.4, -0.2) is 26.8 Å². The molecule has 0 unspecified atom stereocenters. The van der Waals surface area contributed by atoms with Crippen LogP contribution in [0.1, 0.15) is 24.0 Å². The topological polar surface area (TPSA) is 66.3 Å². The maximum Gasteiger partial charge on any atom is 0.256 e. The third-order valence-corrected chi connectivity index (χ3v) is 7.41. The number of halogens is 1. The number of pyridine rings is 1. The second-order valence-corrected chi connectivity index (χ2v) is 9.50. The highest BCUT2D eigenvalue weighted by atomic mass is 32.2. The van der Waals surface area contributed by atoms with Crippen molar-refractivity contribution < 1.29 is 9.50 Å². The van der Waals surface area contributed by atoms with Gasteiger partial charge >= 0.3 is 0 Å². The van der Waals surface area contributed by atoms with Gasteiger partial charge in [-0.25, -0.2) is 4.39 Å². The van der Waals surface area contributed by atoms with E-state index in [4.69, 9.17) is 0 Å². The van der Waals surface area contributed by atoms with Crippen LogP contribution in [0.3, 0.4) is 0 Å². The van der Waals surface area contributed by atoms with Gasteiger partial charge < -0.3 is 19.7 Å². The molecule has 1 fully saturated rings. The van der Waals surface area contributed by atoms with Crippen LogP contribution in [0.2, 0.25) is 0 Å². The highest BCUT2D eigenvalue weighted by Crippen LogP contribution is 2.50. The zero-order valence-electron chi connectivity index (χ0n) is 15.3. The fourth-order valence-electron chi connectivity index (χ4n) is 3.12. The molecule has 5 nitrogen and oxygen atoms in total. The minimum atomic E-state index is -0.352. The highest BCUT2D eigenvalue weighted by molar-refractivity contribution is 8.02. The highest BCUT2D eigenvalue weighted by Gasteiger charge is 2.44. The van der Waals surface area contributed by atoms with Gasteiger partial charge in [-0.05, 0) is 56.3 Å². The van der Waals surface area contributed by atoms with Gasteiger partial charge in [0.25, 0.3) is 5.56 Å². The van der Waals surface area contributed by atoms with Crippen molar-refractivity contribution in [3.63, 3.8) is 0 Å². The number of hydrogen-bond acceptors (Lipinski definition) is 6. The molecule has 0 bridgehead atoms. The van der Waals surface area contributed by atoms with E-state index >= 15 is 0 Å². The molecule has 2 heterocycles. The smallest absolute Gasteiger partial charge is 0.256 e. The molecular formula is C19H22FN3O2S2. The molecule has 4 rings (SSSR count). The van der Waals surface area contributed by atoms with Crippen LogP contribution in [0.15, 0.2) is 28.0 Å². The van der Waals surface area contributed by atoms with E-state index in [9.17, 15) is 14.3 Å². The van der Waals surface area contributed by atoms with E-state index in [1.54, 1.807) is 29.3 Å². The summed E-state index contributed by atoms with van der Waals surface area (Å²) in [5, 5.41) is 13.6. The number of rotatable bonds is 6. The van der Waals surface area contributed by atoms with E-state index in [2.05, 4.69) is 10.0 Å². The lowest BCUT2D eigenvalue weighted by Gasteiger charge is -2.21. The van der Waals surface area contributed by atoms with Crippen molar-refractivity contribution in [2.45, 2.75) is 43.0 Å². The number of nitrogens with zero attached hydrogens (tertiary/aromatic N) is 1. The Morgan fingerprint density at radius 3 is 2.78 bits per heavy atom. The lowest BCUT2D eigenvalue weighted by atomic mass is 10.1. The number of anilines is 3. The Bertz CT molecular complexity index is 957. The molecule has 0 atom stereocenters. The van der Waals surface area contributed by atoms with Gasteiger partial charge in [0.2, 0.25) is 0 Å². The summed E-state index contributed by atoms with van der Waals surface area (Å²) in [6.07, 6.45) is 1.91. The van der Waals surface area contributed by atoms with Gasteiger partial charge in [0, 0.05) is 17.9 Å². The SMILES string of the molecule is Cc1ccc(Nc2c(NSC3(CO)CC3)c3n(c(=O)c2C)CCS3)c(F)c1. The second kappa shape index (κ2) is 7.07.